The summed E-state index contributed by atoms with van der Waals surface area (Å²) >= 11 is 0. The summed E-state index contributed by atoms with van der Waals surface area (Å²) in [5.41, 5.74) is 0.638. The number of hydrogen-bond acceptors (Lipinski definition) is 3. The molecule has 0 radical (unpaired) electrons. The standard InChI is InChI=1S/C8H9NO3/c1-5-3-6(12-2)4-7(9-5)8(10)11/h3-4H,1-2H3,(H,10,11). The van der Waals surface area contributed by atoms with Crippen molar-refractivity contribution in [1.29, 1.82) is 0 Å². The van der Waals surface area contributed by atoms with Crippen LogP contribution in [0.1, 0.15) is 16.2 Å². The summed E-state index contributed by atoms with van der Waals surface area (Å²) < 4.78 is 4.88. The molecule has 1 aromatic heterocycles. The van der Waals surface area contributed by atoms with E-state index >= 15 is 0 Å². The zero-order valence-electron chi connectivity index (χ0n) is 6.87. The van der Waals surface area contributed by atoms with Gasteiger partial charge in [-0.1, -0.05) is 0 Å². The molecule has 4 heteroatoms. The molecule has 0 saturated carbocycles. The van der Waals surface area contributed by atoms with Gasteiger partial charge in [0.15, 0.2) is 5.69 Å². The first-order valence-corrected chi connectivity index (χ1v) is 3.39. The highest BCUT2D eigenvalue weighted by Crippen LogP contribution is 2.12. The zero-order chi connectivity index (χ0) is 9.14. The van der Waals surface area contributed by atoms with E-state index in [1.807, 2.05) is 0 Å². The summed E-state index contributed by atoms with van der Waals surface area (Å²) in [4.78, 5) is 14.3. The lowest BCUT2D eigenvalue weighted by Crippen LogP contribution is -2.01. The lowest BCUT2D eigenvalue weighted by Gasteiger charge is -2.01. The van der Waals surface area contributed by atoms with Crippen LogP contribution in [0, 0.1) is 6.92 Å². The van der Waals surface area contributed by atoms with Crippen LogP contribution in [-0.2, 0) is 0 Å². The molecule has 0 bridgehead atoms. The van der Waals surface area contributed by atoms with Gasteiger partial charge in [-0.05, 0) is 6.92 Å². The summed E-state index contributed by atoms with van der Waals surface area (Å²) in [6.07, 6.45) is 0. The van der Waals surface area contributed by atoms with E-state index in [2.05, 4.69) is 4.98 Å². The van der Waals surface area contributed by atoms with Crippen molar-refractivity contribution in [2.24, 2.45) is 0 Å². The molecule has 0 aliphatic rings. The minimum Gasteiger partial charge on any atom is -0.497 e. The molecule has 0 unspecified atom stereocenters. The van der Waals surface area contributed by atoms with Crippen LogP contribution in [0.15, 0.2) is 12.1 Å². The van der Waals surface area contributed by atoms with E-state index in [0.717, 1.165) is 0 Å². The van der Waals surface area contributed by atoms with Gasteiger partial charge in [-0.15, -0.1) is 0 Å². The topological polar surface area (TPSA) is 59.4 Å². The lowest BCUT2D eigenvalue weighted by atomic mass is 10.3. The third-order valence-corrected chi connectivity index (χ3v) is 1.38. The second-order valence-electron chi connectivity index (χ2n) is 2.34. The molecule has 0 aromatic carbocycles. The zero-order valence-corrected chi connectivity index (χ0v) is 6.87. The molecule has 0 atom stereocenters. The van der Waals surface area contributed by atoms with Crippen LogP contribution in [0.25, 0.3) is 0 Å². The molecule has 0 amide bonds. The minimum absolute atomic E-state index is 0.00634. The van der Waals surface area contributed by atoms with Crippen LogP contribution in [-0.4, -0.2) is 23.2 Å². The number of aromatic carboxylic acids is 1. The number of hydrogen-bond donors (Lipinski definition) is 1. The van der Waals surface area contributed by atoms with Crippen molar-refractivity contribution in [3.05, 3.63) is 23.5 Å². The molecular formula is C8H9NO3. The Bertz CT molecular complexity index is 309. The molecule has 1 heterocycles. The Morgan fingerprint density at radius 3 is 2.75 bits per heavy atom. The Balaban J connectivity index is 3.15. The number of carbonyl (C=O) groups is 1. The quantitative estimate of drug-likeness (QED) is 0.716. The maximum Gasteiger partial charge on any atom is 0.354 e. The van der Waals surface area contributed by atoms with Crippen LogP contribution in [0.5, 0.6) is 5.75 Å². The molecular weight excluding hydrogens is 158 g/mol. The van der Waals surface area contributed by atoms with Crippen molar-refractivity contribution in [2.45, 2.75) is 6.92 Å². The van der Waals surface area contributed by atoms with E-state index in [4.69, 9.17) is 9.84 Å². The number of nitrogens with zero attached hydrogens (tertiary/aromatic N) is 1. The maximum atomic E-state index is 10.5. The van der Waals surface area contributed by atoms with E-state index in [1.54, 1.807) is 13.0 Å². The highest BCUT2D eigenvalue weighted by molar-refractivity contribution is 5.85. The van der Waals surface area contributed by atoms with Crippen LogP contribution >= 0.6 is 0 Å². The second-order valence-corrected chi connectivity index (χ2v) is 2.34. The van der Waals surface area contributed by atoms with Gasteiger partial charge >= 0.3 is 5.97 Å². The second kappa shape index (κ2) is 3.21. The van der Waals surface area contributed by atoms with Gasteiger partial charge in [0.25, 0.3) is 0 Å². The summed E-state index contributed by atoms with van der Waals surface area (Å²) in [6, 6.07) is 3.06. The first-order valence-electron chi connectivity index (χ1n) is 3.39. The number of pyridine rings is 1. The van der Waals surface area contributed by atoms with E-state index in [1.165, 1.54) is 13.2 Å². The summed E-state index contributed by atoms with van der Waals surface area (Å²) in [5, 5.41) is 8.61. The van der Waals surface area contributed by atoms with Gasteiger partial charge < -0.3 is 9.84 Å². The van der Waals surface area contributed by atoms with Crippen molar-refractivity contribution < 1.29 is 14.6 Å². The molecule has 0 aliphatic carbocycles. The normalized spacial score (nSPS) is 9.50. The molecule has 1 rings (SSSR count). The van der Waals surface area contributed by atoms with Gasteiger partial charge in [-0.3, -0.25) is 0 Å². The highest BCUT2D eigenvalue weighted by atomic mass is 16.5. The summed E-state index contributed by atoms with van der Waals surface area (Å²) in [5.74, 6) is -0.531. The average Bonchev–Trinajstić information content (AvgIpc) is 2.03. The van der Waals surface area contributed by atoms with Crippen molar-refractivity contribution in [3.8, 4) is 5.75 Å². The first-order chi connectivity index (χ1) is 5.63. The summed E-state index contributed by atoms with van der Waals surface area (Å²) in [7, 11) is 1.49. The number of carboxylic acid groups (broad SMARTS) is 1. The Morgan fingerprint density at radius 1 is 1.58 bits per heavy atom. The largest absolute Gasteiger partial charge is 0.497 e. The van der Waals surface area contributed by atoms with E-state index in [-0.39, 0.29) is 5.69 Å². The van der Waals surface area contributed by atoms with Crippen molar-refractivity contribution in [1.82, 2.24) is 4.98 Å². The first kappa shape index (κ1) is 8.52. The monoisotopic (exact) mass is 167 g/mol. The molecule has 0 fully saturated rings. The number of ether oxygens (including phenoxy) is 1. The van der Waals surface area contributed by atoms with E-state index < -0.39 is 5.97 Å². The predicted molar refractivity (Wildman–Crippen MR) is 42.5 cm³/mol. The molecule has 4 nitrogen and oxygen atoms in total. The highest BCUT2D eigenvalue weighted by Gasteiger charge is 2.06. The van der Waals surface area contributed by atoms with Crippen LogP contribution in [0.4, 0.5) is 0 Å². The SMILES string of the molecule is COc1cc(C)nc(C(=O)O)c1. The van der Waals surface area contributed by atoms with Crippen molar-refractivity contribution in [2.75, 3.05) is 7.11 Å². The van der Waals surface area contributed by atoms with Crippen molar-refractivity contribution in [3.63, 3.8) is 0 Å². The Kier molecular flexibility index (Phi) is 2.28. The average molecular weight is 167 g/mol. The minimum atomic E-state index is -1.04. The molecule has 0 spiro atoms. The van der Waals surface area contributed by atoms with Gasteiger partial charge in [0.2, 0.25) is 0 Å². The molecule has 12 heavy (non-hydrogen) atoms. The molecule has 1 N–H and O–H groups in total. The summed E-state index contributed by atoms with van der Waals surface area (Å²) in [6.45, 7) is 1.72. The van der Waals surface area contributed by atoms with Gasteiger partial charge in [-0.25, -0.2) is 9.78 Å². The fourth-order valence-electron chi connectivity index (χ4n) is 0.864. The third-order valence-electron chi connectivity index (χ3n) is 1.38. The molecule has 1 aromatic rings. The fraction of sp³-hybridized carbons (Fsp3) is 0.250. The van der Waals surface area contributed by atoms with E-state index in [0.29, 0.717) is 11.4 Å². The van der Waals surface area contributed by atoms with Crippen LogP contribution in [0.3, 0.4) is 0 Å². The number of rotatable bonds is 2. The Labute approximate surface area is 69.8 Å². The van der Waals surface area contributed by atoms with Gasteiger partial charge in [0.05, 0.1) is 7.11 Å². The molecule has 0 aliphatic heterocycles. The molecule has 0 saturated heterocycles. The van der Waals surface area contributed by atoms with Gasteiger partial charge in [0.1, 0.15) is 5.75 Å². The van der Waals surface area contributed by atoms with Gasteiger partial charge in [-0.2, -0.15) is 0 Å². The fourth-order valence-corrected chi connectivity index (χ4v) is 0.864. The maximum absolute atomic E-state index is 10.5. The Hall–Kier alpha value is -1.58. The third kappa shape index (κ3) is 1.72. The number of carboxylic acids is 1. The number of methoxy groups -OCH3 is 1. The Morgan fingerprint density at radius 2 is 2.25 bits per heavy atom. The predicted octanol–water partition coefficient (Wildman–Crippen LogP) is 1.10. The number of aryl methyl sites for hydroxylation is 1. The molecule has 64 valence electrons. The number of aromatic nitrogens is 1. The van der Waals surface area contributed by atoms with Crippen LogP contribution < -0.4 is 4.74 Å². The van der Waals surface area contributed by atoms with Crippen LogP contribution in [0.2, 0.25) is 0 Å². The van der Waals surface area contributed by atoms with Gasteiger partial charge in [0, 0.05) is 17.8 Å². The van der Waals surface area contributed by atoms with E-state index in [9.17, 15) is 4.79 Å². The van der Waals surface area contributed by atoms with Crippen molar-refractivity contribution >= 4 is 5.97 Å². The lowest BCUT2D eigenvalue weighted by molar-refractivity contribution is 0.0689. The smallest absolute Gasteiger partial charge is 0.354 e.